The fourth-order valence-corrected chi connectivity index (χ4v) is 16.8. The van der Waals surface area contributed by atoms with E-state index in [4.69, 9.17) is 41.4 Å². The van der Waals surface area contributed by atoms with Gasteiger partial charge in [-0.05, 0) is 141 Å². The number of nitrogens with zero attached hydrogens (tertiary/aromatic N) is 6. The first kappa shape index (κ1) is 82.8. The van der Waals surface area contributed by atoms with E-state index in [1.165, 1.54) is 11.1 Å². The first-order valence-corrected chi connectivity index (χ1v) is 44.1. The minimum Gasteiger partial charge on any atom is -0.398 e. The van der Waals surface area contributed by atoms with Crippen molar-refractivity contribution in [3.63, 3.8) is 0 Å². The molecule has 3 heterocycles. The van der Waals surface area contributed by atoms with Crippen LogP contribution in [0.5, 0.6) is 0 Å². The number of anilines is 2. The van der Waals surface area contributed by atoms with Gasteiger partial charge in [-0.1, -0.05) is 443 Å². The lowest BCUT2D eigenvalue weighted by Gasteiger charge is -2.16. The second kappa shape index (κ2) is 38.8. The van der Waals surface area contributed by atoms with Gasteiger partial charge in [-0.25, -0.2) is 29.9 Å². The molecule has 0 aliphatic carbocycles. The number of Topliss-reactive ketones (excluding diaryl/α,β-unsaturated/α-hetero) is 1. The Bertz CT molecular complexity index is 7370. The van der Waals surface area contributed by atoms with Gasteiger partial charge in [0.1, 0.15) is 0 Å². The summed E-state index contributed by atoms with van der Waals surface area (Å²) in [6.07, 6.45) is 0.268. The molecule has 0 radical (unpaired) electrons. The van der Waals surface area contributed by atoms with Crippen LogP contribution < -0.4 is 11.5 Å². The summed E-state index contributed by atoms with van der Waals surface area (Å²) in [6.45, 7) is 0. The summed E-state index contributed by atoms with van der Waals surface area (Å²) < 4.78 is 0.903. The Morgan fingerprint density at radius 3 is 0.846 bits per heavy atom. The van der Waals surface area contributed by atoms with Crippen molar-refractivity contribution in [2.45, 2.75) is 6.42 Å². The summed E-state index contributed by atoms with van der Waals surface area (Å²) in [5, 5.41) is 2.04. The van der Waals surface area contributed by atoms with E-state index in [-0.39, 0.29) is 12.2 Å². The van der Waals surface area contributed by atoms with Gasteiger partial charge < -0.3 is 11.5 Å². The SMILES string of the molecule is Nc1cc(-c2ccc(-c3cc(-c4ccccc4)nc(-c4ccccc4)n3)cc2)ccc1-c1ccccc1-c1ccccc1.Nc1cc(-c2ccc(-c3cc(-c4ccccc4)nc(-c4ccccc4)n3)cc2)ccc1Br.O=C(Cc1cc(-c2ccc(-c3cc(-c4ccccc4)nc(-c4ccccc4)n3)cc2)ccc1-c1ccccc1-c1ccccc1)c1cccc2ccccc12. The molecule has 4 N–H and O–H groups in total. The smallest absolute Gasteiger partial charge is 0.167 e. The predicted octanol–water partition coefficient (Wildman–Crippen LogP) is 30.6. The molecule has 0 aliphatic heterocycles. The number of carbonyl (C=O) groups excluding carboxylic acids is 1. The van der Waals surface area contributed by atoms with Gasteiger partial charge >= 0.3 is 0 Å². The van der Waals surface area contributed by atoms with Gasteiger partial charge in [0.2, 0.25) is 0 Å². The van der Waals surface area contributed by atoms with Crippen LogP contribution in [-0.4, -0.2) is 35.7 Å². The molecule has 3 aromatic heterocycles. The number of aromatic nitrogens is 6. The molecule has 618 valence electrons. The number of hydrogen-bond donors (Lipinski definition) is 2. The maximum atomic E-state index is 14.3. The summed E-state index contributed by atoms with van der Waals surface area (Å²) in [7, 11) is 0. The Kier molecular flexibility index (Phi) is 24.7. The molecular formula is C120H85BrN8O. The molecule has 0 bridgehead atoms. The van der Waals surface area contributed by atoms with Gasteiger partial charge in [-0.3, -0.25) is 4.79 Å². The molecule has 21 aromatic rings. The highest BCUT2D eigenvalue weighted by atomic mass is 79.9. The van der Waals surface area contributed by atoms with Crippen LogP contribution in [0.25, 0.3) is 190 Å². The fraction of sp³-hybridized carbons (Fsp3) is 0.00833. The highest BCUT2D eigenvalue weighted by Gasteiger charge is 2.21. The third-order valence-electron chi connectivity index (χ3n) is 23.2. The Morgan fingerprint density at radius 2 is 0.477 bits per heavy atom. The van der Waals surface area contributed by atoms with Crippen molar-refractivity contribution in [1.29, 1.82) is 0 Å². The summed E-state index contributed by atoms with van der Waals surface area (Å²) in [6, 6.07) is 163. The first-order chi connectivity index (χ1) is 64.1. The van der Waals surface area contributed by atoms with Gasteiger partial charge in [-0.2, -0.15) is 0 Å². The van der Waals surface area contributed by atoms with Crippen molar-refractivity contribution < 1.29 is 4.79 Å². The average molecular weight is 1730 g/mol. The lowest BCUT2D eigenvalue weighted by atomic mass is 9.87. The van der Waals surface area contributed by atoms with Gasteiger partial charge in [-0.15, -0.1) is 0 Å². The molecular weight excluding hydrogens is 1650 g/mol. The summed E-state index contributed by atoms with van der Waals surface area (Å²) in [5.74, 6) is 2.20. The Labute approximate surface area is 765 Å². The van der Waals surface area contributed by atoms with Crippen molar-refractivity contribution in [3.8, 4) is 180 Å². The van der Waals surface area contributed by atoms with E-state index in [1.807, 2.05) is 206 Å². The molecule has 0 saturated carbocycles. The summed E-state index contributed by atoms with van der Waals surface area (Å²) in [4.78, 5) is 43.9. The van der Waals surface area contributed by atoms with E-state index >= 15 is 0 Å². The number of halogens is 1. The van der Waals surface area contributed by atoms with E-state index in [1.54, 1.807) is 0 Å². The fourth-order valence-electron chi connectivity index (χ4n) is 16.5. The minimum atomic E-state index is 0.0925. The monoisotopic (exact) mass is 1730 g/mol. The normalized spacial score (nSPS) is 10.9. The second-order valence-corrected chi connectivity index (χ2v) is 32.5. The van der Waals surface area contributed by atoms with Crippen molar-refractivity contribution in [3.05, 3.63) is 495 Å². The molecule has 0 fully saturated rings. The minimum absolute atomic E-state index is 0.0925. The molecule has 0 atom stereocenters. The van der Waals surface area contributed by atoms with Gasteiger partial charge in [0.15, 0.2) is 23.3 Å². The van der Waals surface area contributed by atoms with Crippen LogP contribution in [0.15, 0.2) is 484 Å². The standard InChI is InChI=1S/C52H36N2O.C40H29N3.C28H20BrN3/c55-51(48-26-14-22-38-17-10-11-24-45(38)48)34-43-33-42(31-32-46(43)47-25-13-12-23-44(47)37-15-4-1-5-16-37)36-27-29-40(30-28-36)50-35-49(39-18-6-2-7-19-39)53-52(54-50)41-20-8-3-9-21-41;41-37-26-33(24-25-36(37)35-19-11-10-18-34(35)29-12-4-1-5-13-29)28-20-22-31(23-21-28)39-27-38(30-14-6-2-7-15-30)42-40(43-39)32-16-8-3-9-17-32;29-24-16-15-23(17-25(24)30)19-11-13-21(14-12-19)27-18-26(20-7-3-1-4-8-20)31-28(32-27)22-9-5-2-6-10-22/h1-33,35H,34H2;1-27H,41H2;1-18H,30H2. The maximum Gasteiger partial charge on any atom is 0.167 e. The number of nitrogens with two attached hydrogens (primary N) is 2. The number of fused-ring (bicyclic) bond motifs is 1. The van der Waals surface area contributed by atoms with Crippen LogP contribution in [0.1, 0.15) is 15.9 Å². The van der Waals surface area contributed by atoms with Crippen molar-refractivity contribution in [1.82, 2.24) is 29.9 Å². The van der Waals surface area contributed by atoms with Crippen molar-refractivity contribution in [2.24, 2.45) is 0 Å². The largest absolute Gasteiger partial charge is 0.398 e. The lowest BCUT2D eigenvalue weighted by Crippen LogP contribution is -2.06. The van der Waals surface area contributed by atoms with E-state index < -0.39 is 0 Å². The summed E-state index contributed by atoms with van der Waals surface area (Å²) >= 11 is 3.46. The van der Waals surface area contributed by atoms with E-state index in [0.717, 1.165) is 189 Å². The average Bonchev–Trinajstić information content (AvgIpc) is 0.805. The third kappa shape index (κ3) is 18.9. The molecule has 0 saturated heterocycles. The quantitative estimate of drug-likeness (QED) is 0.0597. The van der Waals surface area contributed by atoms with Crippen LogP contribution >= 0.6 is 15.9 Å². The molecule has 0 amide bonds. The van der Waals surface area contributed by atoms with Gasteiger partial charge in [0.25, 0.3) is 0 Å². The highest BCUT2D eigenvalue weighted by molar-refractivity contribution is 9.10. The topological polar surface area (TPSA) is 146 Å². The maximum absolute atomic E-state index is 14.3. The van der Waals surface area contributed by atoms with Crippen LogP contribution in [0.4, 0.5) is 11.4 Å². The number of rotatable bonds is 19. The third-order valence-corrected chi connectivity index (χ3v) is 23.9. The molecule has 0 spiro atoms. The zero-order valence-corrected chi connectivity index (χ0v) is 72.5. The summed E-state index contributed by atoms with van der Waals surface area (Å²) in [5.41, 5.74) is 45.8. The van der Waals surface area contributed by atoms with Crippen molar-refractivity contribution in [2.75, 3.05) is 11.5 Å². The number of ketones is 1. The molecule has 130 heavy (non-hydrogen) atoms. The highest BCUT2D eigenvalue weighted by Crippen LogP contribution is 2.42. The first-order valence-electron chi connectivity index (χ1n) is 43.3. The van der Waals surface area contributed by atoms with Crippen LogP contribution in [0.3, 0.4) is 0 Å². The lowest BCUT2D eigenvalue weighted by molar-refractivity contribution is 0.0994. The second-order valence-electron chi connectivity index (χ2n) is 31.7. The Hall–Kier alpha value is -16.8. The van der Waals surface area contributed by atoms with Crippen LogP contribution in [-0.2, 0) is 6.42 Å². The van der Waals surface area contributed by atoms with Gasteiger partial charge in [0, 0.05) is 83.5 Å². The van der Waals surface area contributed by atoms with E-state index in [2.05, 4.69) is 289 Å². The molecule has 21 rings (SSSR count). The Balaban J connectivity index is 0.000000131. The van der Waals surface area contributed by atoms with Crippen molar-refractivity contribution >= 4 is 43.9 Å². The zero-order valence-electron chi connectivity index (χ0n) is 70.9. The Morgan fingerprint density at radius 1 is 0.208 bits per heavy atom. The van der Waals surface area contributed by atoms with Crippen LogP contribution in [0.2, 0.25) is 0 Å². The molecule has 9 nitrogen and oxygen atoms in total. The van der Waals surface area contributed by atoms with E-state index in [0.29, 0.717) is 17.5 Å². The van der Waals surface area contributed by atoms with E-state index in [9.17, 15) is 4.79 Å². The number of hydrogen-bond acceptors (Lipinski definition) is 9. The number of carbonyl (C=O) groups is 1. The van der Waals surface area contributed by atoms with Gasteiger partial charge in [0.05, 0.1) is 34.2 Å². The molecule has 18 aromatic carbocycles. The number of benzene rings is 18. The molecule has 10 heteroatoms. The molecule has 0 aliphatic rings. The van der Waals surface area contributed by atoms with Crippen LogP contribution in [0, 0.1) is 0 Å². The zero-order chi connectivity index (χ0) is 87.9. The number of nitrogen functional groups attached to an aromatic ring is 2. The predicted molar refractivity (Wildman–Crippen MR) is 542 cm³/mol. The molecule has 0 unspecified atom stereocenters.